The lowest BCUT2D eigenvalue weighted by atomic mass is 10.6. The van der Waals surface area contributed by atoms with Gasteiger partial charge in [-0.3, -0.25) is 4.79 Å². The van der Waals surface area contributed by atoms with Gasteiger partial charge in [0.1, 0.15) is 0 Å². The van der Waals surface area contributed by atoms with E-state index in [1.807, 2.05) is 0 Å². The normalized spacial score (nSPS) is 13.4. The van der Waals surface area contributed by atoms with Crippen LogP contribution in [0.5, 0.6) is 0 Å². The van der Waals surface area contributed by atoms with Crippen molar-refractivity contribution in [1.82, 2.24) is 0 Å². The number of rotatable bonds is 2. The minimum Gasteiger partial charge on any atom is -0.266 e. The minimum absolute atomic E-state index is 0.269. The molecule has 0 N–H and O–H groups in total. The molecular weight excluding hydrogens is 192 g/mol. The van der Waals surface area contributed by atoms with Crippen molar-refractivity contribution in [3.8, 4) is 0 Å². The highest BCUT2D eigenvalue weighted by Gasteiger charge is 1.92. The zero-order valence-electron chi connectivity index (χ0n) is 6.75. The van der Waals surface area contributed by atoms with Gasteiger partial charge >= 0.3 is 0 Å². The predicted molar refractivity (Wildman–Crippen MR) is 48.3 cm³/mol. The molecule has 0 aromatic rings. The molecule has 70 valence electrons. The Bertz CT molecular complexity index is 337. The molecule has 0 aliphatic carbocycles. The summed E-state index contributed by atoms with van der Waals surface area (Å²) in [4.78, 5) is 9.90. The molecular formula is C7H8N2O3S. The molecule has 1 aliphatic rings. The number of carbonyl (C=O) groups excluding carboxylic acids is 1. The standard InChI is InChI=1S/C4H6O2S.C3H2N2O/c1-3-7(5,6)4-2;6-3-1-2-4-5-3/h3-4H,1-2H2;1-2H. The Morgan fingerprint density at radius 2 is 1.85 bits per heavy atom. The summed E-state index contributed by atoms with van der Waals surface area (Å²) in [6.07, 6.45) is 2.67. The number of carbonyl (C=O) groups is 1. The van der Waals surface area contributed by atoms with E-state index in [2.05, 4.69) is 23.4 Å². The quantitative estimate of drug-likeness (QED) is 0.671. The number of hydrogen-bond donors (Lipinski definition) is 0. The monoisotopic (exact) mass is 200 g/mol. The van der Waals surface area contributed by atoms with E-state index in [0.29, 0.717) is 0 Å². The van der Waals surface area contributed by atoms with E-state index < -0.39 is 9.84 Å². The molecule has 0 saturated carbocycles. The van der Waals surface area contributed by atoms with Gasteiger partial charge in [-0.25, -0.2) is 8.42 Å². The lowest BCUT2D eigenvalue weighted by molar-refractivity contribution is -0.113. The SMILES string of the molecule is C=CS(=O)(=O)C=C.O=C1C=CN=N1. The summed E-state index contributed by atoms with van der Waals surface area (Å²) >= 11 is 0. The molecule has 1 rings (SSSR count). The number of hydrogen-bond acceptors (Lipinski definition) is 4. The number of nitrogens with zero attached hydrogens (tertiary/aromatic N) is 2. The number of sulfone groups is 1. The molecule has 0 aromatic heterocycles. The summed E-state index contributed by atoms with van der Waals surface area (Å²) in [6.45, 7) is 6.09. The smallest absolute Gasteiger partial charge is 0.266 e. The first-order chi connectivity index (χ1) is 6.02. The van der Waals surface area contributed by atoms with Gasteiger partial charge in [-0.05, 0) is 0 Å². The third-order valence-corrected chi connectivity index (χ3v) is 1.83. The largest absolute Gasteiger partial charge is 0.289 e. The maximum atomic E-state index is 10.1. The number of azo groups is 1. The van der Waals surface area contributed by atoms with Crippen LogP contribution in [0.15, 0.2) is 46.5 Å². The first-order valence-corrected chi connectivity index (χ1v) is 4.74. The first kappa shape index (κ1) is 11.4. The zero-order valence-corrected chi connectivity index (χ0v) is 7.57. The fraction of sp³-hybridized carbons (Fsp3) is 0. The molecule has 0 spiro atoms. The summed E-state index contributed by atoms with van der Waals surface area (Å²) in [7, 11) is -3.13. The Kier molecular flexibility index (Phi) is 4.53. The zero-order chi connectivity index (χ0) is 10.3. The van der Waals surface area contributed by atoms with Gasteiger partial charge in [-0.15, -0.1) is 5.11 Å². The van der Waals surface area contributed by atoms with Gasteiger partial charge in [-0.2, -0.15) is 5.11 Å². The lowest BCUT2D eigenvalue weighted by Gasteiger charge is -1.78. The lowest BCUT2D eigenvalue weighted by Crippen LogP contribution is -1.83. The molecule has 13 heavy (non-hydrogen) atoms. The van der Waals surface area contributed by atoms with Gasteiger partial charge in [0.25, 0.3) is 5.91 Å². The molecule has 1 amide bonds. The van der Waals surface area contributed by atoms with Gasteiger partial charge in [-0.1, -0.05) is 13.2 Å². The first-order valence-electron chi connectivity index (χ1n) is 3.13. The Balaban J connectivity index is 0.000000223. The average molecular weight is 200 g/mol. The van der Waals surface area contributed by atoms with Crippen LogP contribution in [0.25, 0.3) is 0 Å². The maximum absolute atomic E-state index is 10.1. The summed E-state index contributed by atoms with van der Waals surface area (Å²) < 4.78 is 20.3. The molecule has 0 fully saturated rings. The second-order valence-electron chi connectivity index (χ2n) is 1.79. The molecule has 5 nitrogen and oxygen atoms in total. The van der Waals surface area contributed by atoms with Gasteiger partial charge < -0.3 is 0 Å². The summed E-state index contributed by atoms with van der Waals surface area (Å²) in [5.41, 5.74) is 0. The second-order valence-corrected chi connectivity index (χ2v) is 3.64. The highest BCUT2D eigenvalue weighted by Crippen LogP contribution is 1.90. The summed E-state index contributed by atoms with van der Waals surface area (Å²) in [5.74, 6) is -0.269. The van der Waals surface area contributed by atoms with Crippen LogP contribution >= 0.6 is 0 Å². The second kappa shape index (κ2) is 5.15. The predicted octanol–water partition coefficient (Wildman–Crippen LogP) is 1.18. The Labute approximate surface area is 76.1 Å². The van der Waals surface area contributed by atoms with Crippen LogP contribution in [0.3, 0.4) is 0 Å². The van der Waals surface area contributed by atoms with E-state index in [0.717, 1.165) is 10.8 Å². The molecule has 0 atom stereocenters. The Morgan fingerprint density at radius 3 is 1.92 bits per heavy atom. The average Bonchev–Trinajstić information content (AvgIpc) is 2.57. The highest BCUT2D eigenvalue weighted by atomic mass is 32.2. The van der Waals surface area contributed by atoms with Gasteiger partial charge in [0.2, 0.25) is 0 Å². The summed E-state index contributed by atoms with van der Waals surface area (Å²) in [6, 6.07) is 0. The van der Waals surface area contributed by atoms with E-state index >= 15 is 0 Å². The van der Waals surface area contributed by atoms with E-state index in [1.165, 1.54) is 12.3 Å². The maximum Gasteiger partial charge on any atom is 0.289 e. The van der Waals surface area contributed by atoms with Crippen molar-refractivity contribution < 1.29 is 13.2 Å². The highest BCUT2D eigenvalue weighted by molar-refractivity contribution is 7.97. The van der Waals surface area contributed by atoms with Crippen molar-refractivity contribution in [2.75, 3.05) is 0 Å². The van der Waals surface area contributed by atoms with Crippen molar-refractivity contribution in [3.63, 3.8) is 0 Å². The van der Waals surface area contributed by atoms with E-state index in [9.17, 15) is 13.2 Å². The summed E-state index contributed by atoms with van der Waals surface area (Å²) in [5, 5.41) is 8.06. The minimum atomic E-state index is -3.13. The van der Waals surface area contributed by atoms with Crippen LogP contribution in [0.2, 0.25) is 0 Å². The topological polar surface area (TPSA) is 75.9 Å². The van der Waals surface area contributed by atoms with Crippen LogP contribution in [0.1, 0.15) is 0 Å². The van der Waals surface area contributed by atoms with E-state index in [1.54, 1.807) is 0 Å². The molecule has 0 unspecified atom stereocenters. The Hall–Kier alpha value is -1.56. The fourth-order valence-electron chi connectivity index (χ4n) is 0.289. The third-order valence-electron chi connectivity index (χ3n) is 0.905. The van der Waals surface area contributed by atoms with Crippen molar-refractivity contribution in [2.24, 2.45) is 10.2 Å². The van der Waals surface area contributed by atoms with Gasteiger partial charge in [0.05, 0.1) is 6.20 Å². The van der Waals surface area contributed by atoms with Crippen molar-refractivity contribution in [1.29, 1.82) is 0 Å². The van der Waals surface area contributed by atoms with Crippen LogP contribution in [-0.2, 0) is 14.6 Å². The van der Waals surface area contributed by atoms with Gasteiger partial charge in [0.15, 0.2) is 9.84 Å². The molecule has 0 bridgehead atoms. The third kappa shape index (κ3) is 5.68. The molecule has 0 radical (unpaired) electrons. The van der Waals surface area contributed by atoms with Crippen molar-refractivity contribution >= 4 is 15.7 Å². The van der Waals surface area contributed by atoms with E-state index in [4.69, 9.17) is 0 Å². The molecule has 6 heteroatoms. The number of amides is 1. The van der Waals surface area contributed by atoms with E-state index in [-0.39, 0.29) is 5.91 Å². The fourth-order valence-corrected chi connectivity index (χ4v) is 0.425. The molecule has 0 saturated heterocycles. The van der Waals surface area contributed by atoms with Crippen LogP contribution in [-0.4, -0.2) is 14.3 Å². The molecule has 0 aromatic carbocycles. The molecule has 1 heterocycles. The van der Waals surface area contributed by atoms with Crippen LogP contribution in [0, 0.1) is 0 Å². The van der Waals surface area contributed by atoms with Crippen LogP contribution in [0.4, 0.5) is 0 Å². The Morgan fingerprint density at radius 1 is 1.31 bits per heavy atom. The van der Waals surface area contributed by atoms with Crippen molar-refractivity contribution in [3.05, 3.63) is 36.2 Å². The van der Waals surface area contributed by atoms with Crippen LogP contribution < -0.4 is 0 Å². The van der Waals surface area contributed by atoms with Crippen molar-refractivity contribution in [2.45, 2.75) is 0 Å². The molecule has 1 aliphatic heterocycles. The van der Waals surface area contributed by atoms with Gasteiger partial charge in [0, 0.05) is 16.9 Å².